The molecule has 0 radical (unpaired) electrons. The zero-order valence-electron chi connectivity index (χ0n) is 10.7. The maximum atomic E-state index is 13.7. The quantitative estimate of drug-likeness (QED) is 0.917. The molecule has 1 aliphatic heterocycles. The van der Waals surface area contributed by atoms with Gasteiger partial charge < -0.3 is 5.32 Å². The van der Waals surface area contributed by atoms with Crippen LogP contribution in [0.4, 0.5) is 4.39 Å². The normalized spacial score (nSPS) is 14.1. The molecule has 2 aromatic rings. The standard InChI is InChI=1S/C14H13ClFN3O/c15-11-1-2-12(16)10(5-11)8-19-14(20)6-9-7-17-4-3-13(9)18-19/h1-2,5-6,17H,3-4,7-8H2. The molecule has 0 saturated carbocycles. The number of nitrogens with one attached hydrogen (secondary N) is 1. The van der Waals surface area contributed by atoms with Crippen LogP contribution in [0.2, 0.25) is 5.02 Å². The first-order chi connectivity index (χ1) is 9.63. The second-order valence-corrected chi connectivity index (χ2v) is 5.21. The van der Waals surface area contributed by atoms with Gasteiger partial charge in [0, 0.05) is 36.2 Å². The van der Waals surface area contributed by atoms with Crippen LogP contribution in [0.3, 0.4) is 0 Å². The second-order valence-electron chi connectivity index (χ2n) is 4.77. The first kappa shape index (κ1) is 13.3. The third-order valence-electron chi connectivity index (χ3n) is 3.35. The van der Waals surface area contributed by atoms with Gasteiger partial charge in [0.25, 0.3) is 5.56 Å². The molecule has 3 rings (SSSR count). The molecule has 1 aromatic heterocycles. The molecular formula is C14H13ClFN3O. The fourth-order valence-corrected chi connectivity index (χ4v) is 2.49. The maximum absolute atomic E-state index is 13.7. The summed E-state index contributed by atoms with van der Waals surface area (Å²) < 4.78 is 15.0. The van der Waals surface area contributed by atoms with Gasteiger partial charge in [0.05, 0.1) is 12.2 Å². The molecule has 0 amide bonds. The Morgan fingerprint density at radius 1 is 1.40 bits per heavy atom. The molecule has 1 aliphatic rings. The largest absolute Gasteiger partial charge is 0.312 e. The van der Waals surface area contributed by atoms with Crippen molar-refractivity contribution in [3.63, 3.8) is 0 Å². The lowest BCUT2D eigenvalue weighted by Crippen LogP contribution is -2.32. The van der Waals surface area contributed by atoms with Crippen molar-refractivity contribution in [2.24, 2.45) is 0 Å². The lowest BCUT2D eigenvalue weighted by molar-refractivity contribution is 0.543. The van der Waals surface area contributed by atoms with E-state index in [9.17, 15) is 9.18 Å². The molecule has 20 heavy (non-hydrogen) atoms. The molecule has 0 atom stereocenters. The Labute approximate surface area is 120 Å². The average molecular weight is 294 g/mol. The average Bonchev–Trinajstić information content (AvgIpc) is 2.43. The first-order valence-corrected chi connectivity index (χ1v) is 6.76. The van der Waals surface area contributed by atoms with E-state index in [-0.39, 0.29) is 17.9 Å². The number of fused-ring (bicyclic) bond motifs is 1. The van der Waals surface area contributed by atoms with Gasteiger partial charge in [0.15, 0.2) is 0 Å². The van der Waals surface area contributed by atoms with E-state index in [1.807, 2.05) is 0 Å². The Bertz CT molecular complexity index is 714. The molecule has 0 bridgehead atoms. The highest BCUT2D eigenvalue weighted by Gasteiger charge is 2.14. The van der Waals surface area contributed by atoms with Crippen molar-refractivity contribution < 1.29 is 4.39 Å². The summed E-state index contributed by atoms with van der Waals surface area (Å²) in [5, 5.41) is 7.96. The Morgan fingerprint density at radius 3 is 3.10 bits per heavy atom. The molecule has 1 aromatic carbocycles. The summed E-state index contributed by atoms with van der Waals surface area (Å²) >= 11 is 5.86. The van der Waals surface area contributed by atoms with Crippen LogP contribution in [0.5, 0.6) is 0 Å². The predicted octanol–water partition coefficient (Wildman–Crippen LogP) is 1.73. The molecular weight excluding hydrogens is 281 g/mol. The van der Waals surface area contributed by atoms with E-state index >= 15 is 0 Å². The molecule has 4 nitrogen and oxygen atoms in total. The second kappa shape index (κ2) is 5.34. The number of aromatic nitrogens is 2. The van der Waals surface area contributed by atoms with Crippen LogP contribution in [-0.2, 0) is 19.5 Å². The van der Waals surface area contributed by atoms with Gasteiger partial charge in [-0.25, -0.2) is 9.07 Å². The molecule has 0 fully saturated rings. The molecule has 0 saturated heterocycles. The zero-order valence-corrected chi connectivity index (χ0v) is 11.5. The Morgan fingerprint density at radius 2 is 2.25 bits per heavy atom. The van der Waals surface area contributed by atoms with Crippen molar-refractivity contribution in [1.29, 1.82) is 0 Å². The number of rotatable bonds is 2. The van der Waals surface area contributed by atoms with Gasteiger partial charge in [0.2, 0.25) is 0 Å². The van der Waals surface area contributed by atoms with E-state index in [1.54, 1.807) is 6.07 Å². The van der Waals surface area contributed by atoms with Gasteiger partial charge in [0.1, 0.15) is 5.82 Å². The van der Waals surface area contributed by atoms with Crippen molar-refractivity contribution in [2.75, 3.05) is 6.54 Å². The van der Waals surface area contributed by atoms with E-state index in [0.29, 0.717) is 17.1 Å². The molecule has 2 heterocycles. The summed E-state index contributed by atoms with van der Waals surface area (Å²) in [5.41, 5.74) is 1.95. The van der Waals surface area contributed by atoms with E-state index in [4.69, 9.17) is 11.6 Å². The number of hydrogen-bond donors (Lipinski definition) is 1. The molecule has 104 valence electrons. The van der Waals surface area contributed by atoms with Gasteiger partial charge in [-0.1, -0.05) is 11.6 Å². The van der Waals surface area contributed by atoms with E-state index in [0.717, 1.165) is 24.2 Å². The van der Waals surface area contributed by atoms with Crippen LogP contribution in [-0.4, -0.2) is 16.3 Å². The molecule has 0 spiro atoms. The number of hydrogen-bond acceptors (Lipinski definition) is 3. The Kier molecular flexibility index (Phi) is 3.54. The number of halogens is 2. The Balaban J connectivity index is 1.98. The topological polar surface area (TPSA) is 46.9 Å². The maximum Gasteiger partial charge on any atom is 0.267 e. The van der Waals surface area contributed by atoms with E-state index in [2.05, 4.69) is 10.4 Å². The minimum absolute atomic E-state index is 0.0892. The van der Waals surface area contributed by atoms with Crippen molar-refractivity contribution in [2.45, 2.75) is 19.5 Å². The summed E-state index contributed by atoms with van der Waals surface area (Å²) in [6, 6.07) is 5.86. The predicted molar refractivity (Wildman–Crippen MR) is 74.4 cm³/mol. The highest BCUT2D eigenvalue weighted by Crippen LogP contribution is 2.16. The lowest BCUT2D eigenvalue weighted by Gasteiger charge is -2.17. The Hall–Kier alpha value is -1.72. The third-order valence-corrected chi connectivity index (χ3v) is 3.58. The van der Waals surface area contributed by atoms with Crippen LogP contribution in [0.15, 0.2) is 29.1 Å². The zero-order chi connectivity index (χ0) is 14.1. The van der Waals surface area contributed by atoms with Gasteiger partial charge in [-0.2, -0.15) is 5.10 Å². The lowest BCUT2D eigenvalue weighted by atomic mass is 10.1. The van der Waals surface area contributed by atoms with E-state index in [1.165, 1.54) is 22.9 Å². The third kappa shape index (κ3) is 2.59. The fourth-order valence-electron chi connectivity index (χ4n) is 2.30. The van der Waals surface area contributed by atoms with Gasteiger partial charge >= 0.3 is 0 Å². The SMILES string of the molecule is O=c1cc2c(nn1Cc1cc(Cl)ccc1F)CCNC2. The van der Waals surface area contributed by atoms with Crippen molar-refractivity contribution in [3.05, 3.63) is 62.3 Å². The summed E-state index contributed by atoms with van der Waals surface area (Å²) in [4.78, 5) is 12.0. The summed E-state index contributed by atoms with van der Waals surface area (Å²) in [6.45, 7) is 1.58. The summed E-state index contributed by atoms with van der Waals surface area (Å²) in [6.07, 6.45) is 0.771. The van der Waals surface area contributed by atoms with Crippen LogP contribution in [0.25, 0.3) is 0 Å². The van der Waals surface area contributed by atoms with Crippen molar-refractivity contribution in [3.8, 4) is 0 Å². The van der Waals surface area contributed by atoms with Gasteiger partial charge in [-0.3, -0.25) is 4.79 Å². The smallest absolute Gasteiger partial charge is 0.267 e. The minimum Gasteiger partial charge on any atom is -0.312 e. The number of benzene rings is 1. The minimum atomic E-state index is -0.387. The summed E-state index contributed by atoms with van der Waals surface area (Å²) in [5.74, 6) is -0.387. The molecule has 0 aliphatic carbocycles. The van der Waals surface area contributed by atoms with Crippen LogP contribution >= 0.6 is 11.6 Å². The summed E-state index contributed by atoms with van der Waals surface area (Å²) in [7, 11) is 0. The highest BCUT2D eigenvalue weighted by atomic mass is 35.5. The monoisotopic (exact) mass is 293 g/mol. The van der Waals surface area contributed by atoms with E-state index < -0.39 is 0 Å². The van der Waals surface area contributed by atoms with Crippen molar-refractivity contribution in [1.82, 2.24) is 15.1 Å². The highest BCUT2D eigenvalue weighted by molar-refractivity contribution is 6.30. The first-order valence-electron chi connectivity index (χ1n) is 6.38. The molecule has 0 unspecified atom stereocenters. The van der Waals surface area contributed by atoms with Crippen LogP contribution in [0.1, 0.15) is 16.8 Å². The van der Waals surface area contributed by atoms with Crippen LogP contribution in [0, 0.1) is 5.82 Å². The van der Waals surface area contributed by atoms with Crippen molar-refractivity contribution >= 4 is 11.6 Å². The van der Waals surface area contributed by atoms with Crippen LogP contribution < -0.4 is 10.9 Å². The fraction of sp³-hybridized carbons (Fsp3) is 0.286. The van der Waals surface area contributed by atoms with Gasteiger partial charge in [-0.15, -0.1) is 0 Å². The molecule has 1 N–H and O–H groups in total. The van der Waals surface area contributed by atoms with Gasteiger partial charge in [-0.05, 0) is 23.8 Å². The molecule has 6 heteroatoms. The number of nitrogens with zero attached hydrogens (tertiary/aromatic N) is 2.